The molecule has 0 N–H and O–H groups in total. The Labute approximate surface area is 319 Å². The van der Waals surface area contributed by atoms with Gasteiger partial charge in [0.1, 0.15) is 5.58 Å². The second kappa shape index (κ2) is 16.2. The van der Waals surface area contributed by atoms with E-state index in [-0.39, 0.29) is 26.0 Å². The third kappa shape index (κ3) is 8.26. The van der Waals surface area contributed by atoms with Crippen LogP contribution in [0.3, 0.4) is 0 Å². The Morgan fingerprint density at radius 2 is 1.29 bits per heavy atom. The Hall–Kier alpha value is -5.15. The summed E-state index contributed by atoms with van der Waals surface area (Å²) in [4.78, 5) is 8.88. The van der Waals surface area contributed by atoms with Crippen molar-refractivity contribution in [2.75, 3.05) is 0 Å². The molecule has 51 heavy (non-hydrogen) atoms. The molecular formula is C47H38IrN2O-2. The number of fused-ring (bicyclic) bond motifs is 3. The number of pyridine rings is 2. The van der Waals surface area contributed by atoms with Gasteiger partial charge in [-0.2, -0.15) is 0 Å². The Kier molecular flexibility index (Phi) is 9.42. The third-order valence-corrected chi connectivity index (χ3v) is 9.08. The first-order valence-electron chi connectivity index (χ1n) is 19.2. The van der Waals surface area contributed by atoms with Gasteiger partial charge >= 0.3 is 0 Å². The van der Waals surface area contributed by atoms with E-state index < -0.39 is 12.7 Å². The first-order chi connectivity index (χ1) is 26.3. The molecule has 5 aromatic carbocycles. The van der Waals surface area contributed by atoms with Gasteiger partial charge < -0.3 is 14.4 Å². The number of nitrogens with zero attached hydrogens (tertiary/aromatic N) is 2. The molecule has 3 heterocycles. The molecule has 253 valence electrons. The fourth-order valence-electron chi connectivity index (χ4n) is 6.55. The fraction of sp³-hybridized carbons (Fsp3) is 0.149. The van der Waals surface area contributed by atoms with Crippen molar-refractivity contribution in [2.45, 2.75) is 38.4 Å². The number of benzene rings is 5. The summed E-state index contributed by atoms with van der Waals surface area (Å²) >= 11 is 0. The van der Waals surface area contributed by atoms with Crippen LogP contribution in [0.5, 0.6) is 0 Å². The Morgan fingerprint density at radius 1 is 0.608 bits per heavy atom. The molecule has 1 saturated carbocycles. The van der Waals surface area contributed by atoms with Crippen LogP contribution in [0.4, 0.5) is 0 Å². The molecule has 3 aromatic heterocycles. The molecule has 9 rings (SSSR count). The second-order valence-electron chi connectivity index (χ2n) is 12.6. The minimum absolute atomic E-state index is 0. The summed E-state index contributed by atoms with van der Waals surface area (Å²) in [7, 11) is 0. The predicted octanol–water partition coefficient (Wildman–Crippen LogP) is 12.0. The molecule has 0 bridgehead atoms. The summed E-state index contributed by atoms with van der Waals surface area (Å²) in [6.07, 6.45) is 4.61. The first-order valence-corrected chi connectivity index (χ1v) is 17.2. The average molecular weight is 843 g/mol. The smallest absolute Gasteiger partial charge is 0.121 e. The molecule has 0 spiro atoms. The topological polar surface area (TPSA) is 38.9 Å². The van der Waals surface area contributed by atoms with Crippen LogP contribution < -0.4 is 0 Å². The van der Waals surface area contributed by atoms with E-state index >= 15 is 0 Å². The summed E-state index contributed by atoms with van der Waals surface area (Å²) in [5, 5.41) is 2.07. The summed E-state index contributed by atoms with van der Waals surface area (Å²) in [6.45, 7) is 0. The molecule has 0 atom stereocenters. The van der Waals surface area contributed by atoms with Crippen molar-refractivity contribution in [3.63, 3.8) is 0 Å². The largest absolute Gasteiger partial charge is 0.500 e. The standard InChI is InChI=1S/C29H24NO.C18H14N.Ir/c1-2-8-22(9-3-1)23-10-12-28-25(18-23)26-19-24(11-13-29(26)31-28)27-17-21(14-15-30-27)16-20-6-4-5-7-20;1-3-7-15(8-4-1)13-16-11-12-19-18(14-16)17-9-5-2-6-10-17;/h1-3,8-10,12-15,17-20H,4-7,16H2;1-9,11-12,14H,13H2;/q2*-1;/i16D2;13D2;. The van der Waals surface area contributed by atoms with Gasteiger partial charge in [0.2, 0.25) is 0 Å². The van der Waals surface area contributed by atoms with Crippen LogP contribution in [0.15, 0.2) is 156 Å². The van der Waals surface area contributed by atoms with E-state index in [0.29, 0.717) is 16.7 Å². The Bertz CT molecular complexity index is 2520. The molecule has 1 aliphatic carbocycles. The Morgan fingerprint density at radius 3 is 2.06 bits per heavy atom. The van der Waals surface area contributed by atoms with E-state index in [0.717, 1.165) is 75.7 Å². The molecular weight excluding hydrogens is 801 g/mol. The van der Waals surface area contributed by atoms with Gasteiger partial charge in [-0.15, -0.1) is 59.7 Å². The summed E-state index contributed by atoms with van der Waals surface area (Å²) in [5.41, 5.74) is 9.06. The second-order valence-corrected chi connectivity index (χ2v) is 12.6. The zero-order chi connectivity index (χ0) is 37.1. The molecule has 1 radical (unpaired) electrons. The van der Waals surface area contributed by atoms with Gasteiger partial charge in [0, 0.05) is 43.4 Å². The van der Waals surface area contributed by atoms with Crippen LogP contribution in [0.25, 0.3) is 55.6 Å². The van der Waals surface area contributed by atoms with Gasteiger partial charge in [-0.3, -0.25) is 0 Å². The normalized spacial score (nSPS) is 14.4. The van der Waals surface area contributed by atoms with Gasteiger partial charge in [-0.1, -0.05) is 115 Å². The number of hydrogen-bond acceptors (Lipinski definition) is 3. The quantitative estimate of drug-likeness (QED) is 0.150. The van der Waals surface area contributed by atoms with Crippen molar-refractivity contribution >= 4 is 21.9 Å². The maximum absolute atomic E-state index is 8.76. The van der Waals surface area contributed by atoms with E-state index in [2.05, 4.69) is 52.4 Å². The molecule has 3 nitrogen and oxygen atoms in total. The van der Waals surface area contributed by atoms with Crippen LogP contribution in [-0.4, -0.2) is 9.97 Å². The molecule has 4 heteroatoms. The molecule has 0 unspecified atom stereocenters. The van der Waals surface area contributed by atoms with Crippen molar-refractivity contribution in [3.05, 3.63) is 181 Å². The maximum atomic E-state index is 8.76. The van der Waals surface area contributed by atoms with Gasteiger partial charge in [0.15, 0.2) is 0 Å². The van der Waals surface area contributed by atoms with Gasteiger partial charge in [-0.25, -0.2) is 0 Å². The zero-order valence-electron chi connectivity index (χ0n) is 32.0. The van der Waals surface area contributed by atoms with E-state index in [1.807, 2.05) is 84.9 Å². The number of hydrogen-bond donors (Lipinski definition) is 0. The minimum atomic E-state index is -1.55. The van der Waals surface area contributed by atoms with Crippen LogP contribution in [0.1, 0.15) is 47.9 Å². The molecule has 0 aliphatic heterocycles. The van der Waals surface area contributed by atoms with Gasteiger partial charge in [0.05, 0.1) is 5.58 Å². The molecule has 8 aromatic rings. The van der Waals surface area contributed by atoms with E-state index in [1.54, 1.807) is 36.7 Å². The van der Waals surface area contributed by atoms with E-state index in [9.17, 15) is 0 Å². The van der Waals surface area contributed by atoms with E-state index in [1.165, 1.54) is 5.56 Å². The number of aromatic nitrogens is 2. The summed E-state index contributed by atoms with van der Waals surface area (Å²) in [6, 6.07) is 50.9. The summed E-state index contributed by atoms with van der Waals surface area (Å²) in [5.74, 6) is 0.0773. The molecule has 0 saturated heterocycles. The molecule has 1 aliphatic rings. The minimum Gasteiger partial charge on any atom is -0.500 e. The maximum Gasteiger partial charge on any atom is 0.121 e. The monoisotopic (exact) mass is 843 g/mol. The fourth-order valence-corrected chi connectivity index (χ4v) is 6.55. The van der Waals surface area contributed by atoms with Crippen LogP contribution in [-0.2, 0) is 32.9 Å². The van der Waals surface area contributed by atoms with Crippen LogP contribution >= 0.6 is 0 Å². The Balaban J connectivity index is 0.000000183. The van der Waals surface area contributed by atoms with Gasteiger partial charge in [0.25, 0.3) is 0 Å². The molecule has 0 amide bonds. The van der Waals surface area contributed by atoms with E-state index in [4.69, 9.17) is 9.90 Å². The van der Waals surface area contributed by atoms with Gasteiger partial charge in [-0.05, 0) is 76.6 Å². The van der Waals surface area contributed by atoms with Crippen LogP contribution in [0, 0.1) is 18.1 Å². The predicted molar refractivity (Wildman–Crippen MR) is 205 cm³/mol. The molecule has 1 fully saturated rings. The number of rotatable bonds is 7. The van der Waals surface area contributed by atoms with Crippen LogP contribution in [0.2, 0.25) is 0 Å². The first kappa shape index (κ1) is 29.6. The SMILES string of the molecule is [2H]C([2H])(c1ccccc1)c1ccnc(-c2[c-]cccc2)c1.[2H]C([2H])(c1ccnc(-c2[c-]cc3oc4ccc(-c5ccccc5)cc4c3c2)c1)C1CCCC1.[Ir]. The van der Waals surface area contributed by atoms with Crippen molar-refractivity contribution in [1.29, 1.82) is 0 Å². The third-order valence-electron chi connectivity index (χ3n) is 9.08. The average Bonchev–Trinajstić information content (AvgIpc) is 3.91. The van der Waals surface area contributed by atoms with Crippen molar-refractivity contribution in [3.8, 4) is 33.6 Å². The summed E-state index contributed by atoms with van der Waals surface area (Å²) < 4.78 is 40.4. The number of furan rings is 1. The van der Waals surface area contributed by atoms with Crippen molar-refractivity contribution in [2.24, 2.45) is 5.92 Å². The zero-order valence-corrected chi connectivity index (χ0v) is 30.4. The van der Waals surface area contributed by atoms with Crippen molar-refractivity contribution < 1.29 is 30.0 Å². The van der Waals surface area contributed by atoms with Crippen molar-refractivity contribution in [1.82, 2.24) is 9.97 Å².